The van der Waals surface area contributed by atoms with Gasteiger partial charge in [0.2, 0.25) is 0 Å². The van der Waals surface area contributed by atoms with Gasteiger partial charge in [-0.15, -0.1) is 0 Å². The molecule has 0 saturated heterocycles. The number of carbonyl (C=O) groups is 1. The van der Waals surface area contributed by atoms with Gasteiger partial charge in [0.25, 0.3) is 0 Å². The molecule has 14 heavy (non-hydrogen) atoms. The van der Waals surface area contributed by atoms with Crippen LogP contribution in [0.2, 0.25) is 0 Å². The van der Waals surface area contributed by atoms with Crippen LogP contribution in [-0.4, -0.2) is 17.0 Å². The second-order valence-corrected chi connectivity index (χ2v) is 4.95. The smallest absolute Gasteiger partial charge is 0.134 e. The molecule has 2 nitrogen and oxygen atoms in total. The van der Waals surface area contributed by atoms with Crippen LogP contribution in [0.1, 0.15) is 46.0 Å². The highest BCUT2D eigenvalue weighted by Crippen LogP contribution is 2.49. The number of rotatable bonds is 0. The molecule has 0 aromatic heterocycles. The minimum atomic E-state index is -0.311. The zero-order valence-electron chi connectivity index (χ0n) is 8.97. The van der Waals surface area contributed by atoms with Gasteiger partial charge in [-0.3, -0.25) is 4.79 Å². The fraction of sp³-hybridized carbons (Fsp3) is 0.750. The summed E-state index contributed by atoms with van der Waals surface area (Å²) < 4.78 is 0. The molecule has 0 aliphatic heterocycles. The molecule has 0 bridgehead atoms. The van der Waals surface area contributed by atoms with Crippen molar-refractivity contribution in [3.63, 3.8) is 0 Å². The Morgan fingerprint density at radius 3 is 2.79 bits per heavy atom. The predicted molar refractivity (Wildman–Crippen MR) is 54.9 cm³/mol. The molecule has 0 radical (unpaired) electrons. The topological polar surface area (TPSA) is 37.3 Å². The molecule has 0 aromatic rings. The summed E-state index contributed by atoms with van der Waals surface area (Å²) in [5, 5.41) is 9.96. The van der Waals surface area contributed by atoms with Gasteiger partial charge in [0.15, 0.2) is 0 Å². The molecule has 0 amide bonds. The molecule has 2 aliphatic rings. The van der Waals surface area contributed by atoms with Gasteiger partial charge >= 0.3 is 0 Å². The van der Waals surface area contributed by atoms with Crippen LogP contribution in [0.3, 0.4) is 0 Å². The number of allylic oxidation sites excluding steroid dienone is 1. The molecule has 0 heterocycles. The van der Waals surface area contributed by atoms with Crippen molar-refractivity contribution in [2.24, 2.45) is 5.41 Å². The number of aliphatic hydroxyl groups excluding tert-OH is 1. The number of aliphatic hydroxyl groups is 1. The molecule has 1 N–H and O–H groups in total. The summed E-state index contributed by atoms with van der Waals surface area (Å²) >= 11 is 0. The van der Waals surface area contributed by atoms with Gasteiger partial charge in [-0.05, 0) is 26.2 Å². The van der Waals surface area contributed by atoms with Crippen molar-refractivity contribution in [1.29, 1.82) is 0 Å². The molecule has 2 heteroatoms. The van der Waals surface area contributed by atoms with E-state index in [-0.39, 0.29) is 11.5 Å². The number of Topliss-reactive ketones (excluding diaryl/α,β-unsaturated/α-hetero) is 1. The van der Waals surface area contributed by atoms with Crippen molar-refractivity contribution < 1.29 is 9.90 Å². The summed E-state index contributed by atoms with van der Waals surface area (Å²) in [6, 6.07) is 0. The quantitative estimate of drug-likeness (QED) is 0.600. The van der Waals surface area contributed by atoms with E-state index in [9.17, 15) is 9.90 Å². The van der Waals surface area contributed by atoms with Crippen molar-refractivity contribution in [3.8, 4) is 0 Å². The summed E-state index contributed by atoms with van der Waals surface area (Å²) in [6.07, 6.45) is 3.61. The lowest BCUT2D eigenvalue weighted by Gasteiger charge is -2.29. The van der Waals surface area contributed by atoms with E-state index >= 15 is 0 Å². The number of ketones is 1. The van der Waals surface area contributed by atoms with Crippen LogP contribution in [0.5, 0.6) is 0 Å². The Labute approximate surface area is 85.0 Å². The lowest BCUT2D eigenvalue weighted by Crippen LogP contribution is -2.30. The molecule has 1 saturated carbocycles. The maximum atomic E-state index is 11.6. The van der Waals surface area contributed by atoms with Crippen molar-refractivity contribution in [3.05, 3.63) is 11.1 Å². The van der Waals surface area contributed by atoms with Crippen LogP contribution in [-0.2, 0) is 4.79 Å². The van der Waals surface area contributed by atoms with E-state index in [2.05, 4.69) is 6.92 Å². The van der Waals surface area contributed by atoms with Gasteiger partial charge in [0.1, 0.15) is 5.78 Å². The normalized spacial score (nSPS) is 38.5. The van der Waals surface area contributed by atoms with Crippen molar-refractivity contribution in [2.75, 3.05) is 0 Å². The number of carbonyl (C=O) groups excluding carboxylic acids is 1. The van der Waals surface area contributed by atoms with E-state index in [0.29, 0.717) is 18.6 Å². The Balaban J connectivity index is 2.42. The van der Waals surface area contributed by atoms with Crippen molar-refractivity contribution in [1.82, 2.24) is 0 Å². The molecule has 1 fully saturated rings. The highest BCUT2D eigenvalue weighted by atomic mass is 16.3. The summed E-state index contributed by atoms with van der Waals surface area (Å²) in [5.74, 6) is 0.308. The number of hydrogen-bond donors (Lipinski definition) is 1. The molecule has 2 rings (SSSR count). The Bertz CT molecular complexity index is 303. The number of hydrogen-bond acceptors (Lipinski definition) is 2. The highest BCUT2D eigenvalue weighted by Gasteiger charge is 2.44. The van der Waals surface area contributed by atoms with E-state index in [4.69, 9.17) is 0 Å². The number of fused-ring (bicyclic) bond motifs is 1. The van der Waals surface area contributed by atoms with E-state index in [1.165, 1.54) is 11.1 Å². The van der Waals surface area contributed by atoms with E-state index in [1.807, 2.05) is 6.92 Å². The Morgan fingerprint density at radius 1 is 1.36 bits per heavy atom. The SMILES string of the molecule is CC1=C2CC[C@@H](O)[C@@]2(C)CC(=O)CC1. The second-order valence-electron chi connectivity index (χ2n) is 4.95. The van der Waals surface area contributed by atoms with Gasteiger partial charge < -0.3 is 5.11 Å². The second kappa shape index (κ2) is 3.20. The maximum Gasteiger partial charge on any atom is 0.134 e. The summed E-state index contributed by atoms with van der Waals surface area (Å²) in [6.45, 7) is 4.16. The van der Waals surface area contributed by atoms with Gasteiger partial charge in [-0.2, -0.15) is 0 Å². The Hall–Kier alpha value is -0.630. The molecule has 2 atom stereocenters. The average Bonchev–Trinajstić information content (AvgIpc) is 2.33. The molecule has 0 unspecified atom stereocenters. The standard InChI is InChI=1S/C12H18O2/c1-8-3-4-9(13)7-12(2)10(8)5-6-11(12)14/h11,14H,3-7H2,1-2H3/t11-,12+/m1/s1. The minimum Gasteiger partial charge on any atom is -0.392 e. The average molecular weight is 194 g/mol. The first kappa shape index (κ1) is 9.91. The van der Waals surface area contributed by atoms with Crippen LogP contribution in [0, 0.1) is 5.41 Å². The fourth-order valence-electron chi connectivity index (χ4n) is 2.99. The van der Waals surface area contributed by atoms with Crippen LogP contribution in [0.4, 0.5) is 0 Å². The third-order valence-electron chi connectivity index (χ3n) is 3.95. The minimum absolute atomic E-state index is 0.238. The van der Waals surface area contributed by atoms with Crippen molar-refractivity contribution >= 4 is 5.78 Å². The zero-order valence-corrected chi connectivity index (χ0v) is 8.97. The van der Waals surface area contributed by atoms with Crippen LogP contribution < -0.4 is 0 Å². The molecule has 0 spiro atoms. The molecular formula is C12H18O2. The summed E-state index contributed by atoms with van der Waals surface area (Å²) in [7, 11) is 0. The van der Waals surface area contributed by atoms with Crippen LogP contribution >= 0.6 is 0 Å². The van der Waals surface area contributed by atoms with Crippen LogP contribution in [0.15, 0.2) is 11.1 Å². The van der Waals surface area contributed by atoms with Gasteiger partial charge in [0, 0.05) is 18.3 Å². The first-order valence-electron chi connectivity index (χ1n) is 5.43. The first-order chi connectivity index (χ1) is 6.54. The predicted octanol–water partition coefficient (Wildman–Crippen LogP) is 2.22. The van der Waals surface area contributed by atoms with Crippen molar-refractivity contribution in [2.45, 2.75) is 52.1 Å². The molecule has 2 aliphatic carbocycles. The molecular weight excluding hydrogens is 176 g/mol. The molecule has 78 valence electrons. The summed E-state index contributed by atoms with van der Waals surface area (Å²) in [5.41, 5.74) is 2.46. The molecule has 0 aromatic carbocycles. The van der Waals surface area contributed by atoms with E-state index in [1.54, 1.807) is 0 Å². The maximum absolute atomic E-state index is 11.6. The van der Waals surface area contributed by atoms with Gasteiger partial charge in [0.05, 0.1) is 6.10 Å². The zero-order chi connectivity index (χ0) is 10.3. The van der Waals surface area contributed by atoms with E-state index in [0.717, 1.165) is 19.3 Å². The third-order valence-corrected chi connectivity index (χ3v) is 3.95. The largest absolute Gasteiger partial charge is 0.392 e. The van der Waals surface area contributed by atoms with Crippen LogP contribution in [0.25, 0.3) is 0 Å². The first-order valence-corrected chi connectivity index (χ1v) is 5.43. The summed E-state index contributed by atoms with van der Waals surface area (Å²) in [4.78, 5) is 11.6. The lowest BCUT2D eigenvalue weighted by atomic mass is 9.78. The van der Waals surface area contributed by atoms with E-state index < -0.39 is 0 Å². The lowest BCUT2D eigenvalue weighted by molar-refractivity contribution is -0.121. The van der Waals surface area contributed by atoms with Gasteiger partial charge in [-0.1, -0.05) is 18.1 Å². The van der Waals surface area contributed by atoms with Gasteiger partial charge in [-0.25, -0.2) is 0 Å². The highest BCUT2D eigenvalue weighted by molar-refractivity contribution is 5.80. The Morgan fingerprint density at radius 2 is 2.07 bits per heavy atom. The Kier molecular flexibility index (Phi) is 2.26. The monoisotopic (exact) mass is 194 g/mol. The fourth-order valence-corrected chi connectivity index (χ4v) is 2.99. The third kappa shape index (κ3) is 1.33.